The van der Waals surface area contributed by atoms with E-state index in [9.17, 15) is 23.5 Å². The summed E-state index contributed by atoms with van der Waals surface area (Å²) in [6.45, 7) is 3.21. The number of halogens is 2. The van der Waals surface area contributed by atoms with Crippen LogP contribution in [0.4, 0.5) is 14.5 Å². The summed E-state index contributed by atoms with van der Waals surface area (Å²) in [7, 11) is 0. The molecule has 0 radical (unpaired) electrons. The number of ether oxygens (including phenoxy) is 1. The zero-order chi connectivity index (χ0) is 22.8. The molecule has 2 amide bonds. The topological polar surface area (TPSA) is 70.1 Å². The van der Waals surface area contributed by atoms with Crippen LogP contribution in [0, 0.1) is 17.6 Å². The molecule has 2 aliphatic rings. The third-order valence-corrected chi connectivity index (χ3v) is 5.76. The van der Waals surface area contributed by atoms with Crippen LogP contribution in [0.2, 0.25) is 0 Å². The fraction of sp³-hybridized carbons (Fsp3) is 0.333. The van der Waals surface area contributed by atoms with E-state index in [0.29, 0.717) is 35.9 Å². The minimum Gasteiger partial charge on any atom is -0.494 e. The number of piperidine rings is 1. The van der Waals surface area contributed by atoms with Crippen LogP contribution >= 0.6 is 0 Å². The van der Waals surface area contributed by atoms with Gasteiger partial charge in [0.1, 0.15) is 23.1 Å². The van der Waals surface area contributed by atoms with E-state index in [2.05, 4.69) is 0 Å². The molecule has 0 bridgehead atoms. The zero-order valence-corrected chi connectivity index (χ0v) is 17.7. The van der Waals surface area contributed by atoms with Crippen molar-refractivity contribution >= 4 is 23.1 Å². The van der Waals surface area contributed by atoms with E-state index in [-0.39, 0.29) is 23.8 Å². The molecule has 0 saturated carbocycles. The molecule has 1 saturated heterocycles. The number of aliphatic hydroxyl groups excluding tert-OH is 1. The van der Waals surface area contributed by atoms with Crippen molar-refractivity contribution in [1.82, 2.24) is 4.90 Å². The van der Waals surface area contributed by atoms with E-state index < -0.39 is 29.1 Å². The minimum atomic E-state index is -0.868. The van der Waals surface area contributed by atoms with E-state index >= 15 is 0 Å². The van der Waals surface area contributed by atoms with Gasteiger partial charge >= 0.3 is 0 Å². The summed E-state index contributed by atoms with van der Waals surface area (Å²) < 4.78 is 33.8. The highest BCUT2D eigenvalue weighted by Gasteiger charge is 2.44. The highest BCUT2D eigenvalue weighted by Crippen LogP contribution is 2.37. The Hall–Kier alpha value is -3.26. The monoisotopic (exact) mass is 442 g/mol. The van der Waals surface area contributed by atoms with Crippen LogP contribution in [0.3, 0.4) is 0 Å². The first-order valence-corrected chi connectivity index (χ1v) is 10.6. The van der Waals surface area contributed by atoms with Crippen LogP contribution in [0.5, 0.6) is 5.75 Å². The number of anilines is 1. The fourth-order valence-corrected chi connectivity index (χ4v) is 4.25. The van der Waals surface area contributed by atoms with Crippen molar-refractivity contribution in [3.8, 4) is 5.75 Å². The molecule has 0 spiro atoms. The summed E-state index contributed by atoms with van der Waals surface area (Å²) in [4.78, 5) is 29.4. The molecular weight excluding hydrogens is 418 g/mol. The lowest BCUT2D eigenvalue weighted by Crippen LogP contribution is -2.40. The van der Waals surface area contributed by atoms with Gasteiger partial charge in [0.25, 0.3) is 11.8 Å². The number of hydrogen-bond donors (Lipinski definition) is 1. The predicted molar refractivity (Wildman–Crippen MR) is 115 cm³/mol. The molecular formula is C24H24F2N2O4. The lowest BCUT2D eigenvalue weighted by atomic mass is 9.97. The van der Waals surface area contributed by atoms with Crippen molar-refractivity contribution in [1.29, 1.82) is 0 Å². The number of benzene rings is 2. The largest absolute Gasteiger partial charge is 0.494 e. The average Bonchev–Trinajstić information content (AvgIpc) is 3.06. The molecule has 8 heteroatoms. The lowest BCUT2D eigenvalue weighted by molar-refractivity contribution is -0.121. The van der Waals surface area contributed by atoms with Crippen LogP contribution in [-0.4, -0.2) is 48.1 Å². The van der Waals surface area contributed by atoms with Gasteiger partial charge in [0.15, 0.2) is 0 Å². The SMILES string of the molecule is CCOc1ccc(C2=C(N3CCCC(CO)C3)C(=O)N(c3cc(F)ccc3F)C2=O)cc1. The van der Waals surface area contributed by atoms with Crippen LogP contribution < -0.4 is 9.64 Å². The molecule has 1 unspecified atom stereocenters. The number of hydrogen-bond acceptors (Lipinski definition) is 5. The van der Waals surface area contributed by atoms with Gasteiger partial charge in [-0.2, -0.15) is 0 Å². The molecule has 0 aromatic heterocycles. The molecule has 1 fully saturated rings. The van der Waals surface area contributed by atoms with Crippen LogP contribution in [0.15, 0.2) is 48.2 Å². The average molecular weight is 442 g/mol. The highest BCUT2D eigenvalue weighted by molar-refractivity contribution is 6.45. The summed E-state index contributed by atoms with van der Waals surface area (Å²) in [6.07, 6.45) is 1.55. The molecule has 2 aromatic rings. The standard InChI is InChI=1S/C24H24F2N2O4/c1-2-32-18-8-5-16(6-9-18)21-22(27-11-3-4-15(13-27)14-29)24(31)28(23(21)30)20-12-17(25)7-10-19(20)26/h5-10,12,15,29H,2-4,11,13-14H2,1H3. The Balaban J connectivity index is 1.81. The summed E-state index contributed by atoms with van der Waals surface area (Å²) in [5.74, 6) is -2.47. The summed E-state index contributed by atoms with van der Waals surface area (Å²) in [5, 5.41) is 9.62. The Kier molecular flexibility index (Phi) is 6.23. The minimum absolute atomic E-state index is 0.0352. The van der Waals surface area contributed by atoms with Crippen molar-refractivity contribution in [2.45, 2.75) is 19.8 Å². The zero-order valence-electron chi connectivity index (χ0n) is 17.7. The van der Waals surface area contributed by atoms with E-state index in [0.717, 1.165) is 31.0 Å². The summed E-state index contributed by atoms with van der Waals surface area (Å²) >= 11 is 0. The third-order valence-electron chi connectivity index (χ3n) is 5.76. The van der Waals surface area contributed by atoms with E-state index in [1.54, 1.807) is 29.2 Å². The Morgan fingerprint density at radius 1 is 1.09 bits per heavy atom. The van der Waals surface area contributed by atoms with Crippen LogP contribution in [0.25, 0.3) is 5.57 Å². The second kappa shape index (κ2) is 9.08. The molecule has 168 valence electrons. The fourth-order valence-electron chi connectivity index (χ4n) is 4.25. The van der Waals surface area contributed by atoms with Gasteiger partial charge < -0.3 is 14.7 Å². The molecule has 2 aliphatic heterocycles. The van der Waals surface area contributed by atoms with E-state index in [1.165, 1.54) is 0 Å². The molecule has 2 aromatic carbocycles. The van der Waals surface area contributed by atoms with Crippen molar-refractivity contribution in [2.75, 3.05) is 31.2 Å². The Labute approximate surface area is 184 Å². The first-order chi connectivity index (χ1) is 15.4. The Bertz CT molecular complexity index is 1070. The number of imide groups is 1. The maximum Gasteiger partial charge on any atom is 0.282 e. The van der Waals surface area contributed by atoms with Gasteiger partial charge in [0, 0.05) is 25.8 Å². The molecule has 2 heterocycles. The second-order valence-electron chi connectivity index (χ2n) is 7.86. The van der Waals surface area contributed by atoms with Gasteiger partial charge in [-0.25, -0.2) is 13.7 Å². The molecule has 32 heavy (non-hydrogen) atoms. The van der Waals surface area contributed by atoms with Gasteiger partial charge in [0.2, 0.25) is 0 Å². The quantitative estimate of drug-likeness (QED) is 0.695. The van der Waals surface area contributed by atoms with E-state index in [1.807, 2.05) is 6.92 Å². The smallest absolute Gasteiger partial charge is 0.282 e. The molecule has 6 nitrogen and oxygen atoms in total. The van der Waals surface area contributed by atoms with Crippen LogP contribution in [-0.2, 0) is 9.59 Å². The summed E-state index contributed by atoms with van der Waals surface area (Å²) in [6, 6.07) is 9.40. The van der Waals surface area contributed by atoms with Gasteiger partial charge in [-0.15, -0.1) is 0 Å². The number of likely N-dealkylation sites (tertiary alicyclic amines) is 1. The molecule has 4 rings (SSSR count). The van der Waals surface area contributed by atoms with Crippen molar-refractivity contribution in [3.63, 3.8) is 0 Å². The number of aliphatic hydroxyl groups is 1. The van der Waals surface area contributed by atoms with Gasteiger partial charge in [-0.05, 0) is 55.5 Å². The van der Waals surface area contributed by atoms with Gasteiger partial charge in [0.05, 0.1) is 17.9 Å². The predicted octanol–water partition coefficient (Wildman–Crippen LogP) is 3.35. The van der Waals surface area contributed by atoms with Crippen LogP contribution in [0.1, 0.15) is 25.3 Å². The highest BCUT2D eigenvalue weighted by atomic mass is 19.1. The number of nitrogens with zero attached hydrogens (tertiary/aromatic N) is 2. The van der Waals surface area contributed by atoms with Crippen molar-refractivity contribution in [3.05, 3.63) is 65.4 Å². The van der Waals surface area contributed by atoms with Gasteiger partial charge in [-0.3, -0.25) is 9.59 Å². The third kappa shape index (κ3) is 3.98. The number of carbonyl (C=O) groups excluding carboxylic acids is 2. The Morgan fingerprint density at radius 3 is 2.53 bits per heavy atom. The first kappa shape index (κ1) is 22.0. The van der Waals surface area contributed by atoms with Crippen molar-refractivity contribution < 1.29 is 28.2 Å². The lowest BCUT2D eigenvalue weighted by Gasteiger charge is -2.34. The Morgan fingerprint density at radius 2 is 1.84 bits per heavy atom. The normalized spacial score (nSPS) is 19.2. The molecule has 1 atom stereocenters. The van der Waals surface area contributed by atoms with Gasteiger partial charge in [-0.1, -0.05) is 12.1 Å². The number of carbonyl (C=O) groups is 2. The first-order valence-electron chi connectivity index (χ1n) is 10.6. The molecule has 1 N–H and O–H groups in total. The maximum absolute atomic E-state index is 14.5. The second-order valence-corrected chi connectivity index (χ2v) is 7.86. The van der Waals surface area contributed by atoms with Crippen molar-refractivity contribution in [2.24, 2.45) is 5.92 Å². The number of rotatable bonds is 6. The maximum atomic E-state index is 14.5. The van der Waals surface area contributed by atoms with E-state index in [4.69, 9.17) is 4.74 Å². The summed E-state index contributed by atoms with van der Waals surface area (Å²) in [5.41, 5.74) is 0.322. The number of amides is 2. The molecule has 0 aliphatic carbocycles.